The van der Waals surface area contributed by atoms with Crippen LogP contribution >= 0.6 is 23.1 Å². The van der Waals surface area contributed by atoms with Crippen LogP contribution in [0, 0.1) is 12.8 Å². The number of pyridine rings is 1. The predicted octanol–water partition coefficient (Wildman–Crippen LogP) is 4.77. The molecule has 0 amide bonds. The van der Waals surface area contributed by atoms with E-state index < -0.39 is 0 Å². The number of rotatable bonds is 9. The first-order valence-corrected chi connectivity index (χ1v) is 14.4. The van der Waals surface area contributed by atoms with Gasteiger partial charge in [0.15, 0.2) is 10.3 Å². The van der Waals surface area contributed by atoms with Crippen molar-refractivity contribution in [2.75, 3.05) is 41.3 Å². The van der Waals surface area contributed by atoms with Crippen LogP contribution in [-0.2, 0) is 11.2 Å². The molecule has 2 aliphatic rings. The Labute approximate surface area is 229 Å². The number of ketones is 1. The second-order valence-corrected chi connectivity index (χ2v) is 11.8. The van der Waals surface area contributed by atoms with Crippen LogP contribution in [0.2, 0.25) is 0 Å². The van der Waals surface area contributed by atoms with Gasteiger partial charge in [0.25, 0.3) is 0 Å². The summed E-state index contributed by atoms with van der Waals surface area (Å²) in [5.74, 6) is 1.77. The topological polar surface area (TPSA) is 100 Å². The standard InChI is InChI=1S/C27H28N8OS2/c1-18-17-29-26(37-18)31-24-30-25(35-14-12-34(13-15-35)21-8-10-28-11-9-21)33-27(32-24)38-22-6-2-19(3-7-22)16-23(36)20-4-5-20/h2-3,6-11,17,20H,4-5,12-16H2,1H3,(H,29,30,31,32,33). The van der Waals surface area contributed by atoms with Crippen molar-refractivity contribution in [2.24, 2.45) is 5.92 Å². The molecule has 4 heterocycles. The summed E-state index contributed by atoms with van der Waals surface area (Å²) in [6.07, 6.45) is 8.09. The van der Waals surface area contributed by atoms with Crippen LogP contribution in [-0.4, -0.2) is 56.9 Å². The molecule has 1 aliphatic heterocycles. The van der Waals surface area contributed by atoms with Crippen molar-refractivity contribution in [3.8, 4) is 0 Å². The van der Waals surface area contributed by atoms with E-state index in [9.17, 15) is 4.79 Å². The van der Waals surface area contributed by atoms with Gasteiger partial charge in [-0.2, -0.15) is 15.0 Å². The number of carbonyl (C=O) groups excluding carboxylic acids is 1. The number of carbonyl (C=O) groups is 1. The lowest BCUT2D eigenvalue weighted by molar-refractivity contribution is -0.119. The fourth-order valence-electron chi connectivity index (χ4n) is 4.35. The normalized spacial score (nSPS) is 15.5. The Bertz CT molecular complexity index is 1400. The van der Waals surface area contributed by atoms with Gasteiger partial charge in [0, 0.05) is 72.6 Å². The van der Waals surface area contributed by atoms with Crippen molar-refractivity contribution in [3.63, 3.8) is 0 Å². The molecule has 0 radical (unpaired) electrons. The molecule has 1 saturated carbocycles. The third-order valence-electron chi connectivity index (χ3n) is 6.58. The molecule has 2 fully saturated rings. The molecule has 6 rings (SSSR count). The predicted molar refractivity (Wildman–Crippen MR) is 151 cm³/mol. The molecule has 1 aliphatic carbocycles. The largest absolute Gasteiger partial charge is 0.368 e. The number of nitrogens with one attached hydrogen (secondary N) is 1. The molecular weight excluding hydrogens is 516 g/mol. The zero-order chi connectivity index (χ0) is 25.9. The average molecular weight is 545 g/mol. The summed E-state index contributed by atoms with van der Waals surface area (Å²) in [5.41, 5.74) is 2.23. The number of hydrogen-bond acceptors (Lipinski definition) is 11. The second-order valence-electron chi connectivity index (χ2n) is 9.49. The van der Waals surface area contributed by atoms with E-state index in [4.69, 9.17) is 15.0 Å². The Kier molecular flexibility index (Phi) is 7.19. The molecule has 0 atom stereocenters. The molecule has 3 aromatic heterocycles. The maximum Gasteiger partial charge on any atom is 0.234 e. The number of benzene rings is 1. The van der Waals surface area contributed by atoms with E-state index in [-0.39, 0.29) is 5.92 Å². The molecule has 0 spiro atoms. The van der Waals surface area contributed by atoms with Crippen molar-refractivity contribution >= 4 is 51.6 Å². The van der Waals surface area contributed by atoms with Gasteiger partial charge in [-0.25, -0.2) is 4.98 Å². The van der Waals surface area contributed by atoms with Crippen molar-refractivity contribution in [1.29, 1.82) is 0 Å². The molecule has 1 N–H and O–H groups in total. The summed E-state index contributed by atoms with van der Waals surface area (Å²) < 4.78 is 0. The van der Waals surface area contributed by atoms with Crippen LogP contribution in [0.25, 0.3) is 0 Å². The Morgan fingerprint density at radius 1 is 1.00 bits per heavy atom. The Morgan fingerprint density at radius 3 is 2.42 bits per heavy atom. The number of thiazole rings is 1. The zero-order valence-electron chi connectivity index (χ0n) is 21.1. The fourth-order valence-corrected chi connectivity index (χ4v) is 5.75. The summed E-state index contributed by atoms with van der Waals surface area (Å²) in [5, 5.41) is 4.63. The van der Waals surface area contributed by atoms with Gasteiger partial charge >= 0.3 is 0 Å². The quantitative estimate of drug-likeness (QED) is 0.317. The van der Waals surface area contributed by atoms with E-state index in [1.54, 1.807) is 11.3 Å². The van der Waals surface area contributed by atoms with Crippen molar-refractivity contribution in [1.82, 2.24) is 24.9 Å². The Morgan fingerprint density at radius 2 is 1.74 bits per heavy atom. The van der Waals surface area contributed by atoms with E-state index >= 15 is 0 Å². The summed E-state index contributed by atoms with van der Waals surface area (Å²) in [6, 6.07) is 12.2. The smallest absolute Gasteiger partial charge is 0.234 e. The molecule has 0 bridgehead atoms. The minimum Gasteiger partial charge on any atom is -0.368 e. The van der Waals surface area contributed by atoms with Crippen LogP contribution in [0.15, 0.2) is 65.0 Å². The number of anilines is 4. The summed E-state index contributed by atoms with van der Waals surface area (Å²) in [4.78, 5) is 41.7. The monoisotopic (exact) mass is 544 g/mol. The molecule has 4 aromatic rings. The lowest BCUT2D eigenvalue weighted by Gasteiger charge is -2.36. The van der Waals surface area contributed by atoms with Crippen LogP contribution in [0.4, 0.5) is 22.7 Å². The van der Waals surface area contributed by atoms with Gasteiger partial charge in [-0.1, -0.05) is 12.1 Å². The number of piperazine rings is 1. The van der Waals surface area contributed by atoms with Gasteiger partial charge in [-0.3, -0.25) is 15.1 Å². The third-order valence-corrected chi connectivity index (χ3v) is 8.28. The van der Waals surface area contributed by atoms with E-state index in [1.165, 1.54) is 17.4 Å². The highest BCUT2D eigenvalue weighted by atomic mass is 32.2. The van der Waals surface area contributed by atoms with Gasteiger partial charge in [-0.15, -0.1) is 11.3 Å². The minimum atomic E-state index is 0.284. The van der Waals surface area contributed by atoms with Crippen LogP contribution < -0.4 is 15.1 Å². The number of hydrogen-bond donors (Lipinski definition) is 1. The number of aryl methyl sites for hydroxylation is 1. The first-order valence-electron chi connectivity index (χ1n) is 12.7. The van der Waals surface area contributed by atoms with E-state index in [0.29, 0.717) is 29.3 Å². The highest BCUT2D eigenvalue weighted by Gasteiger charge is 2.29. The molecule has 38 heavy (non-hydrogen) atoms. The molecule has 11 heteroatoms. The third kappa shape index (κ3) is 6.11. The molecule has 194 valence electrons. The van der Waals surface area contributed by atoms with Gasteiger partial charge in [0.05, 0.1) is 0 Å². The second kappa shape index (κ2) is 11.0. The van der Waals surface area contributed by atoms with Gasteiger partial charge in [-0.05, 0) is 61.4 Å². The first-order chi connectivity index (χ1) is 18.6. The van der Waals surface area contributed by atoms with Crippen LogP contribution in [0.3, 0.4) is 0 Å². The van der Waals surface area contributed by atoms with Gasteiger partial charge < -0.3 is 9.80 Å². The van der Waals surface area contributed by atoms with Crippen molar-refractivity contribution < 1.29 is 4.79 Å². The fraction of sp³-hybridized carbons (Fsp3) is 0.333. The number of nitrogens with zero attached hydrogens (tertiary/aromatic N) is 7. The Balaban J connectivity index is 1.19. The summed E-state index contributed by atoms with van der Waals surface area (Å²) >= 11 is 3.05. The molecule has 9 nitrogen and oxygen atoms in total. The van der Waals surface area contributed by atoms with E-state index in [0.717, 1.165) is 59.5 Å². The average Bonchev–Trinajstić information content (AvgIpc) is 3.72. The first kappa shape index (κ1) is 24.7. The maximum atomic E-state index is 12.2. The highest BCUT2D eigenvalue weighted by molar-refractivity contribution is 7.99. The summed E-state index contributed by atoms with van der Waals surface area (Å²) in [6.45, 7) is 5.36. The number of Topliss-reactive ketones (excluding diaryl/α,β-unsaturated/α-hetero) is 1. The van der Waals surface area contributed by atoms with Crippen molar-refractivity contribution in [3.05, 3.63) is 65.4 Å². The van der Waals surface area contributed by atoms with Crippen LogP contribution in [0.1, 0.15) is 23.3 Å². The lowest BCUT2D eigenvalue weighted by Crippen LogP contribution is -2.47. The van der Waals surface area contributed by atoms with Gasteiger partial charge in [0.2, 0.25) is 11.9 Å². The molecule has 0 unspecified atom stereocenters. The molecule has 1 aromatic carbocycles. The van der Waals surface area contributed by atoms with E-state index in [2.05, 4.69) is 25.1 Å². The van der Waals surface area contributed by atoms with Crippen molar-refractivity contribution in [2.45, 2.75) is 36.2 Å². The van der Waals surface area contributed by atoms with E-state index in [1.807, 2.05) is 61.9 Å². The molecular formula is C27H28N8OS2. The van der Waals surface area contributed by atoms with Crippen LogP contribution in [0.5, 0.6) is 0 Å². The zero-order valence-corrected chi connectivity index (χ0v) is 22.7. The SMILES string of the molecule is Cc1cnc(Nc2nc(Sc3ccc(CC(=O)C4CC4)cc3)nc(N3CCN(c4ccncc4)CC3)n2)s1. The highest BCUT2D eigenvalue weighted by Crippen LogP contribution is 2.32. The maximum absolute atomic E-state index is 12.2. The minimum absolute atomic E-state index is 0.284. The summed E-state index contributed by atoms with van der Waals surface area (Å²) in [7, 11) is 0. The lowest BCUT2D eigenvalue weighted by atomic mass is 10.1. The molecule has 1 saturated heterocycles. The van der Waals surface area contributed by atoms with Gasteiger partial charge in [0.1, 0.15) is 5.78 Å². The number of aromatic nitrogens is 5. The Hall–Kier alpha value is -3.57.